The molecule has 1 aromatic heterocycles. The Morgan fingerprint density at radius 1 is 1.10 bits per heavy atom. The lowest BCUT2D eigenvalue weighted by molar-refractivity contribution is -0.118. The van der Waals surface area contributed by atoms with Gasteiger partial charge in [0.15, 0.2) is 5.16 Å². The van der Waals surface area contributed by atoms with Gasteiger partial charge in [0.2, 0.25) is 5.91 Å². The predicted octanol–water partition coefficient (Wildman–Crippen LogP) is 4.43. The molecule has 0 bridgehead atoms. The Morgan fingerprint density at radius 3 is 2.50 bits per heavy atom. The van der Waals surface area contributed by atoms with E-state index in [9.17, 15) is 4.79 Å². The molecule has 2 aromatic carbocycles. The first kappa shape index (κ1) is 22.0. The quantitative estimate of drug-likeness (QED) is 0.354. The van der Waals surface area contributed by atoms with Crippen LogP contribution in [-0.4, -0.2) is 41.3 Å². The number of aromatic amines is 1. The van der Waals surface area contributed by atoms with E-state index >= 15 is 0 Å². The second-order valence-electron chi connectivity index (χ2n) is 7.18. The summed E-state index contributed by atoms with van der Waals surface area (Å²) in [6, 6.07) is 20.7. The summed E-state index contributed by atoms with van der Waals surface area (Å²) in [7, 11) is 0. The highest BCUT2D eigenvalue weighted by atomic mass is 32.2. The SMILES string of the molecule is CCN(CCCNC(=O)CSc1nc(Cc2ccccc2)c(C)[nH]1)c1ccccc1. The molecule has 0 saturated carbocycles. The molecule has 0 aliphatic rings. The number of anilines is 1. The van der Waals surface area contributed by atoms with Crippen molar-refractivity contribution in [3.05, 3.63) is 77.6 Å². The maximum Gasteiger partial charge on any atom is 0.230 e. The second kappa shape index (κ2) is 11.5. The number of nitrogens with one attached hydrogen (secondary N) is 2. The number of thioether (sulfide) groups is 1. The van der Waals surface area contributed by atoms with Gasteiger partial charge in [0.05, 0.1) is 11.4 Å². The largest absolute Gasteiger partial charge is 0.372 e. The van der Waals surface area contributed by atoms with Crippen LogP contribution in [0.5, 0.6) is 0 Å². The van der Waals surface area contributed by atoms with E-state index in [2.05, 4.69) is 63.5 Å². The molecule has 1 amide bonds. The lowest BCUT2D eigenvalue weighted by Crippen LogP contribution is -2.30. The summed E-state index contributed by atoms with van der Waals surface area (Å²) >= 11 is 1.45. The fourth-order valence-corrected chi connectivity index (χ4v) is 4.06. The predicted molar refractivity (Wildman–Crippen MR) is 125 cm³/mol. The molecule has 0 aliphatic carbocycles. The number of hydrogen-bond donors (Lipinski definition) is 2. The third-order valence-corrected chi connectivity index (χ3v) is 5.82. The zero-order valence-electron chi connectivity index (χ0n) is 17.7. The number of aromatic nitrogens is 2. The van der Waals surface area contributed by atoms with E-state index in [1.807, 2.05) is 31.2 Å². The molecule has 30 heavy (non-hydrogen) atoms. The normalized spacial score (nSPS) is 10.7. The van der Waals surface area contributed by atoms with E-state index in [4.69, 9.17) is 0 Å². The number of carbonyl (C=O) groups excluding carboxylic acids is 1. The molecule has 0 saturated heterocycles. The van der Waals surface area contributed by atoms with Gasteiger partial charge >= 0.3 is 0 Å². The van der Waals surface area contributed by atoms with Crippen LogP contribution in [0.1, 0.15) is 30.3 Å². The molecule has 3 aromatic rings. The minimum atomic E-state index is 0.0430. The fourth-order valence-electron chi connectivity index (χ4n) is 3.29. The summed E-state index contributed by atoms with van der Waals surface area (Å²) in [5.74, 6) is 0.412. The molecular formula is C24H30N4OS. The van der Waals surface area contributed by atoms with Crippen LogP contribution in [0.25, 0.3) is 0 Å². The lowest BCUT2D eigenvalue weighted by Gasteiger charge is -2.23. The van der Waals surface area contributed by atoms with Crippen molar-refractivity contribution in [3.8, 4) is 0 Å². The van der Waals surface area contributed by atoms with Crippen molar-refractivity contribution in [1.82, 2.24) is 15.3 Å². The molecule has 158 valence electrons. The molecule has 0 spiro atoms. The van der Waals surface area contributed by atoms with Gasteiger partial charge in [-0.05, 0) is 38.0 Å². The molecule has 5 nitrogen and oxygen atoms in total. The lowest BCUT2D eigenvalue weighted by atomic mass is 10.1. The monoisotopic (exact) mass is 422 g/mol. The molecule has 0 aliphatic heterocycles. The summed E-state index contributed by atoms with van der Waals surface area (Å²) in [4.78, 5) is 22.5. The van der Waals surface area contributed by atoms with Crippen molar-refractivity contribution < 1.29 is 4.79 Å². The van der Waals surface area contributed by atoms with Gasteiger partial charge < -0.3 is 15.2 Å². The summed E-state index contributed by atoms with van der Waals surface area (Å²) in [6.07, 6.45) is 1.71. The highest BCUT2D eigenvalue weighted by Gasteiger charge is 2.10. The minimum absolute atomic E-state index is 0.0430. The average Bonchev–Trinajstić information content (AvgIpc) is 3.13. The number of H-pyrrole nitrogens is 1. The molecule has 0 unspecified atom stereocenters. The van der Waals surface area contributed by atoms with Crippen molar-refractivity contribution in [2.24, 2.45) is 0 Å². The Bertz CT molecular complexity index is 911. The maximum atomic E-state index is 12.2. The van der Waals surface area contributed by atoms with Crippen molar-refractivity contribution >= 4 is 23.4 Å². The third-order valence-electron chi connectivity index (χ3n) is 4.95. The van der Waals surface area contributed by atoms with Crippen LogP contribution >= 0.6 is 11.8 Å². The topological polar surface area (TPSA) is 61.0 Å². The number of hydrogen-bond acceptors (Lipinski definition) is 4. The maximum absolute atomic E-state index is 12.2. The zero-order chi connectivity index (χ0) is 21.2. The second-order valence-corrected chi connectivity index (χ2v) is 8.15. The van der Waals surface area contributed by atoms with Gasteiger partial charge in [0.1, 0.15) is 0 Å². The van der Waals surface area contributed by atoms with E-state index < -0.39 is 0 Å². The Hall–Kier alpha value is -2.73. The smallest absolute Gasteiger partial charge is 0.230 e. The van der Waals surface area contributed by atoms with E-state index in [-0.39, 0.29) is 5.91 Å². The molecule has 0 atom stereocenters. The van der Waals surface area contributed by atoms with Gasteiger partial charge in [-0.25, -0.2) is 4.98 Å². The van der Waals surface area contributed by atoms with E-state index in [1.54, 1.807) is 0 Å². The number of nitrogens with zero attached hydrogens (tertiary/aromatic N) is 2. The number of aryl methyl sites for hydroxylation is 1. The molecule has 3 rings (SSSR count). The highest BCUT2D eigenvalue weighted by molar-refractivity contribution is 7.99. The van der Waals surface area contributed by atoms with Gasteiger partial charge in [-0.2, -0.15) is 0 Å². The van der Waals surface area contributed by atoms with Gasteiger partial charge in [-0.1, -0.05) is 60.3 Å². The Balaban J connectivity index is 1.38. The number of benzene rings is 2. The first-order valence-corrected chi connectivity index (χ1v) is 11.4. The number of imidazole rings is 1. The van der Waals surface area contributed by atoms with E-state index in [1.165, 1.54) is 23.0 Å². The van der Waals surface area contributed by atoms with Crippen LogP contribution in [0.2, 0.25) is 0 Å². The van der Waals surface area contributed by atoms with E-state index in [0.29, 0.717) is 12.3 Å². The zero-order valence-corrected chi connectivity index (χ0v) is 18.5. The standard InChI is InChI=1S/C24H30N4OS/c1-3-28(21-13-8-5-9-14-21)16-10-15-25-23(29)18-30-24-26-19(2)22(27-24)17-20-11-6-4-7-12-20/h4-9,11-14H,3,10,15-18H2,1-2H3,(H,25,29)(H,26,27). The fraction of sp³-hybridized carbons (Fsp3) is 0.333. The van der Waals surface area contributed by atoms with Crippen molar-refractivity contribution in [1.29, 1.82) is 0 Å². The van der Waals surface area contributed by atoms with Gasteiger partial charge in [0.25, 0.3) is 0 Å². The van der Waals surface area contributed by atoms with E-state index in [0.717, 1.165) is 42.5 Å². The van der Waals surface area contributed by atoms with Crippen LogP contribution in [0.15, 0.2) is 65.8 Å². The van der Waals surface area contributed by atoms with Crippen LogP contribution in [0.4, 0.5) is 5.69 Å². The highest BCUT2D eigenvalue weighted by Crippen LogP contribution is 2.19. The Labute approximate surface area is 183 Å². The number of rotatable bonds is 11. The first-order valence-electron chi connectivity index (χ1n) is 10.4. The van der Waals surface area contributed by atoms with Gasteiger partial charge in [0, 0.05) is 37.4 Å². The van der Waals surface area contributed by atoms with Crippen LogP contribution in [0.3, 0.4) is 0 Å². The summed E-state index contributed by atoms with van der Waals surface area (Å²) in [5, 5.41) is 3.82. The molecule has 2 N–H and O–H groups in total. The summed E-state index contributed by atoms with van der Waals surface area (Å²) in [6.45, 7) is 6.74. The summed E-state index contributed by atoms with van der Waals surface area (Å²) < 4.78 is 0. The molecule has 0 fully saturated rings. The number of carbonyl (C=O) groups is 1. The Morgan fingerprint density at radius 2 is 1.80 bits per heavy atom. The summed E-state index contributed by atoms with van der Waals surface area (Å²) in [5.41, 5.74) is 4.55. The molecule has 6 heteroatoms. The van der Waals surface area contributed by atoms with Crippen molar-refractivity contribution in [3.63, 3.8) is 0 Å². The molecule has 0 radical (unpaired) electrons. The molecular weight excluding hydrogens is 392 g/mol. The van der Waals surface area contributed by atoms with Crippen LogP contribution in [0, 0.1) is 6.92 Å². The van der Waals surface area contributed by atoms with Crippen molar-refractivity contribution in [2.75, 3.05) is 30.3 Å². The van der Waals surface area contributed by atoms with Gasteiger partial charge in [-0.3, -0.25) is 4.79 Å². The minimum Gasteiger partial charge on any atom is -0.372 e. The number of para-hydroxylation sites is 1. The third kappa shape index (κ3) is 6.66. The number of amides is 1. The average molecular weight is 423 g/mol. The first-order chi connectivity index (χ1) is 14.7. The van der Waals surface area contributed by atoms with Gasteiger partial charge in [-0.15, -0.1) is 0 Å². The van der Waals surface area contributed by atoms with Crippen LogP contribution < -0.4 is 10.2 Å². The molecule has 1 heterocycles. The van der Waals surface area contributed by atoms with Crippen molar-refractivity contribution in [2.45, 2.75) is 31.8 Å². The Kier molecular flexibility index (Phi) is 8.39. The van der Waals surface area contributed by atoms with Crippen LogP contribution in [-0.2, 0) is 11.2 Å².